The Morgan fingerprint density at radius 2 is 1.91 bits per heavy atom. The third-order valence-electron chi connectivity index (χ3n) is 3.26. The molecule has 0 spiro atoms. The van der Waals surface area contributed by atoms with E-state index >= 15 is 0 Å². The van der Waals surface area contributed by atoms with Crippen LogP contribution in [0, 0.1) is 5.82 Å². The molecule has 22 heavy (non-hydrogen) atoms. The molecule has 6 heteroatoms. The maximum Gasteiger partial charge on any atom is 0.279 e. The summed E-state index contributed by atoms with van der Waals surface area (Å²) < 4.78 is 12.9. The summed E-state index contributed by atoms with van der Waals surface area (Å²) >= 11 is 11.7. The average molecular weight is 342 g/mol. The molecule has 0 aliphatic heterocycles. The summed E-state index contributed by atoms with van der Waals surface area (Å²) in [5.41, 5.74) is 1.48. The fourth-order valence-electron chi connectivity index (χ4n) is 1.98. The Hall–Kier alpha value is -1.62. The lowest BCUT2D eigenvalue weighted by Crippen LogP contribution is -2.86. The molecule has 2 aromatic rings. The standard InChI is InChI=1S/C16H15Cl2FN2O/c1-10(11-2-4-12(17)5-3-11)20-9-16(22)21-15-7-6-13(19)8-14(15)18/h2-8,10,20H,9H2,1H3,(H,21,22)/p+1/t10-/m1/s1. The predicted molar refractivity (Wildman–Crippen MR) is 86.7 cm³/mol. The van der Waals surface area contributed by atoms with E-state index in [9.17, 15) is 9.18 Å². The first-order valence-corrected chi connectivity index (χ1v) is 7.55. The Kier molecular flexibility index (Phi) is 5.77. The van der Waals surface area contributed by atoms with Crippen molar-refractivity contribution in [1.82, 2.24) is 0 Å². The van der Waals surface area contributed by atoms with E-state index < -0.39 is 5.82 Å². The van der Waals surface area contributed by atoms with Crippen LogP contribution in [0.15, 0.2) is 42.5 Å². The Morgan fingerprint density at radius 3 is 2.55 bits per heavy atom. The van der Waals surface area contributed by atoms with Gasteiger partial charge in [0.15, 0.2) is 6.54 Å². The van der Waals surface area contributed by atoms with Gasteiger partial charge in [-0.3, -0.25) is 4.79 Å². The largest absolute Gasteiger partial charge is 0.333 e. The van der Waals surface area contributed by atoms with Crippen molar-refractivity contribution in [3.63, 3.8) is 0 Å². The van der Waals surface area contributed by atoms with Crippen molar-refractivity contribution in [3.8, 4) is 0 Å². The molecule has 3 N–H and O–H groups in total. The van der Waals surface area contributed by atoms with Gasteiger partial charge in [0.25, 0.3) is 5.91 Å². The molecule has 0 aliphatic carbocycles. The van der Waals surface area contributed by atoms with Crippen LogP contribution in [-0.2, 0) is 4.79 Å². The molecule has 0 aliphatic rings. The van der Waals surface area contributed by atoms with Crippen LogP contribution in [0.2, 0.25) is 10.0 Å². The highest BCUT2D eigenvalue weighted by atomic mass is 35.5. The van der Waals surface area contributed by atoms with Gasteiger partial charge in [-0.25, -0.2) is 4.39 Å². The Labute approximate surface area is 138 Å². The van der Waals surface area contributed by atoms with Crippen molar-refractivity contribution in [2.45, 2.75) is 13.0 Å². The minimum atomic E-state index is -0.439. The van der Waals surface area contributed by atoms with Gasteiger partial charge in [-0.1, -0.05) is 35.3 Å². The van der Waals surface area contributed by atoms with E-state index in [4.69, 9.17) is 23.2 Å². The lowest BCUT2D eigenvalue weighted by Gasteiger charge is -2.12. The second-order valence-corrected chi connectivity index (χ2v) is 5.80. The van der Waals surface area contributed by atoms with Crippen LogP contribution in [0.4, 0.5) is 10.1 Å². The van der Waals surface area contributed by atoms with Crippen molar-refractivity contribution in [2.75, 3.05) is 11.9 Å². The van der Waals surface area contributed by atoms with Gasteiger partial charge in [0.05, 0.1) is 10.7 Å². The Balaban J connectivity index is 1.88. The van der Waals surface area contributed by atoms with Crippen molar-refractivity contribution in [2.24, 2.45) is 0 Å². The number of hydrogen-bond donors (Lipinski definition) is 2. The minimum Gasteiger partial charge on any atom is -0.333 e. The second-order valence-electron chi connectivity index (χ2n) is 4.95. The molecule has 0 heterocycles. The maximum absolute atomic E-state index is 12.9. The zero-order valence-corrected chi connectivity index (χ0v) is 13.5. The Bertz CT molecular complexity index is 662. The van der Waals surface area contributed by atoms with Gasteiger partial charge in [-0.15, -0.1) is 0 Å². The Morgan fingerprint density at radius 1 is 1.23 bits per heavy atom. The zero-order chi connectivity index (χ0) is 16.1. The monoisotopic (exact) mass is 341 g/mol. The van der Waals surface area contributed by atoms with Crippen molar-refractivity contribution in [1.29, 1.82) is 0 Å². The third-order valence-corrected chi connectivity index (χ3v) is 3.82. The molecule has 116 valence electrons. The molecule has 2 rings (SSSR count). The van der Waals surface area contributed by atoms with E-state index in [0.29, 0.717) is 10.7 Å². The third kappa shape index (κ3) is 4.70. The second kappa shape index (κ2) is 7.58. The summed E-state index contributed by atoms with van der Waals surface area (Å²) in [4.78, 5) is 11.9. The SMILES string of the molecule is C[C@@H]([NH2+]CC(=O)Nc1ccc(F)cc1Cl)c1ccc(Cl)cc1. The van der Waals surface area contributed by atoms with Crippen LogP contribution in [0.5, 0.6) is 0 Å². The number of carbonyl (C=O) groups excluding carboxylic acids is 1. The fraction of sp³-hybridized carbons (Fsp3) is 0.188. The van der Waals surface area contributed by atoms with Crippen LogP contribution < -0.4 is 10.6 Å². The molecule has 1 atom stereocenters. The minimum absolute atomic E-state index is 0.117. The molecule has 0 fully saturated rings. The van der Waals surface area contributed by atoms with Gasteiger partial charge in [-0.2, -0.15) is 0 Å². The number of carbonyl (C=O) groups is 1. The predicted octanol–water partition coefficient (Wildman–Crippen LogP) is 3.40. The summed E-state index contributed by atoms with van der Waals surface area (Å²) in [6.07, 6.45) is 0. The highest BCUT2D eigenvalue weighted by Crippen LogP contribution is 2.22. The molecule has 3 nitrogen and oxygen atoms in total. The molecular formula is C16H16Cl2FN2O+. The summed E-state index contributed by atoms with van der Waals surface area (Å²) in [7, 11) is 0. The number of benzene rings is 2. The number of quaternary nitrogens is 1. The molecule has 0 saturated heterocycles. The van der Waals surface area contributed by atoms with Gasteiger partial charge < -0.3 is 10.6 Å². The van der Waals surface area contributed by atoms with E-state index in [1.54, 1.807) is 0 Å². The number of rotatable bonds is 5. The number of anilines is 1. The van der Waals surface area contributed by atoms with E-state index in [0.717, 1.165) is 11.6 Å². The molecule has 2 aromatic carbocycles. The van der Waals surface area contributed by atoms with Gasteiger partial charge >= 0.3 is 0 Å². The summed E-state index contributed by atoms with van der Waals surface area (Å²) in [5, 5.41) is 5.42. The highest BCUT2D eigenvalue weighted by molar-refractivity contribution is 6.33. The number of nitrogens with two attached hydrogens (primary N) is 1. The first-order chi connectivity index (χ1) is 10.5. The maximum atomic E-state index is 12.9. The number of halogens is 3. The molecule has 0 unspecified atom stereocenters. The van der Waals surface area contributed by atoms with Crippen LogP contribution in [0.25, 0.3) is 0 Å². The van der Waals surface area contributed by atoms with Gasteiger partial charge in [0.1, 0.15) is 11.9 Å². The molecule has 0 bridgehead atoms. The molecule has 0 aromatic heterocycles. The summed E-state index contributed by atoms with van der Waals surface area (Å²) in [5.74, 6) is -0.639. The van der Waals surface area contributed by atoms with Crippen LogP contribution in [-0.4, -0.2) is 12.5 Å². The molecular weight excluding hydrogens is 326 g/mol. The summed E-state index contributed by atoms with van der Waals surface area (Å²) in [6, 6.07) is 11.5. The van der Waals surface area contributed by atoms with Crippen molar-refractivity contribution in [3.05, 3.63) is 63.9 Å². The topological polar surface area (TPSA) is 45.7 Å². The molecule has 0 radical (unpaired) electrons. The van der Waals surface area contributed by atoms with E-state index in [1.165, 1.54) is 12.1 Å². The van der Waals surface area contributed by atoms with E-state index in [2.05, 4.69) is 5.32 Å². The van der Waals surface area contributed by atoms with Gasteiger partial charge in [0.2, 0.25) is 0 Å². The first kappa shape index (κ1) is 16.7. The zero-order valence-electron chi connectivity index (χ0n) is 11.9. The number of amides is 1. The van der Waals surface area contributed by atoms with Crippen LogP contribution >= 0.6 is 23.2 Å². The van der Waals surface area contributed by atoms with E-state index in [1.807, 2.05) is 36.5 Å². The molecule has 0 saturated carbocycles. The van der Waals surface area contributed by atoms with Crippen LogP contribution in [0.1, 0.15) is 18.5 Å². The lowest BCUT2D eigenvalue weighted by molar-refractivity contribution is -0.682. The molecule has 1 amide bonds. The quantitative estimate of drug-likeness (QED) is 0.860. The van der Waals surface area contributed by atoms with Gasteiger partial charge in [0, 0.05) is 10.6 Å². The highest BCUT2D eigenvalue weighted by Gasteiger charge is 2.12. The number of hydrogen-bond acceptors (Lipinski definition) is 1. The average Bonchev–Trinajstić information content (AvgIpc) is 2.48. The lowest BCUT2D eigenvalue weighted by atomic mass is 10.1. The fourth-order valence-corrected chi connectivity index (χ4v) is 2.32. The number of nitrogens with one attached hydrogen (secondary N) is 1. The van der Waals surface area contributed by atoms with E-state index in [-0.39, 0.29) is 23.5 Å². The van der Waals surface area contributed by atoms with Crippen molar-refractivity contribution < 1.29 is 14.5 Å². The van der Waals surface area contributed by atoms with Crippen LogP contribution in [0.3, 0.4) is 0 Å². The summed E-state index contributed by atoms with van der Waals surface area (Å²) in [6.45, 7) is 2.24. The normalized spacial score (nSPS) is 12.0. The first-order valence-electron chi connectivity index (χ1n) is 6.79. The van der Waals surface area contributed by atoms with Gasteiger partial charge in [-0.05, 0) is 37.3 Å². The van der Waals surface area contributed by atoms with Crippen molar-refractivity contribution >= 4 is 34.8 Å². The smallest absolute Gasteiger partial charge is 0.279 e.